The monoisotopic (exact) mass is 532 g/mol. The van der Waals surface area contributed by atoms with Crippen molar-refractivity contribution in [3.63, 3.8) is 0 Å². The van der Waals surface area contributed by atoms with Crippen LogP contribution in [0.3, 0.4) is 0 Å². The van der Waals surface area contributed by atoms with E-state index >= 15 is 0 Å². The van der Waals surface area contributed by atoms with Crippen molar-refractivity contribution in [1.29, 1.82) is 0 Å². The Morgan fingerprint density at radius 3 is 2.51 bits per heavy atom. The van der Waals surface area contributed by atoms with Crippen LogP contribution in [0, 0.1) is 11.7 Å². The highest BCUT2D eigenvalue weighted by Gasteiger charge is 2.29. The number of ether oxygens (including phenoxy) is 2. The number of anilines is 1. The second-order valence-corrected chi connectivity index (χ2v) is 9.53. The van der Waals surface area contributed by atoms with Gasteiger partial charge >= 0.3 is 5.97 Å². The largest absolute Gasteiger partial charge is 0.497 e. The topological polar surface area (TPSA) is 76.2 Å². The molecule has 1 fully saturated rings. The average Bonchev–Trinajstić information content (AvgIpc) is 2.97. The molecule has 7 nitrogen and oxygen atoms in total. The van der Waals surface area contributed by atoms with E-state index in [4.69, 9.17) is 9.47 Å². The van der Waals surface area contributed by atoms with Gasteiger partial charge in [0, 0.05) is 24.3 Å². The molecule has 2 amide bonds. The predicted molar refractivity (Wildman–Crippen MR) is 146 cm³/mol. The van der Waals surface area contributed by atoms with Gasteiger partial charge in [-0.3, -0.25) is 14.4 Å². The highest BCUT2D eigenvalue weighted by Crippen LogP contribution is 2.25. The molecule has 0 bridgehead atoms. The first-order valence-corrected chi connectivity index (χ1v) is 13.1. The van der Waals surface area contributed by atoms with Crippen LogP contribution in [0.1, 0.15) is 41.3 Å². The minimum atomic E-state index is -0.354. The Hall–Kier alpha value is -4.20. The summed E-state index contributed by atoms with van der Waals surface area (Å²) in [5.74, 6) is -0.692. The summed E-state index contributed by atoms with van der Waals surface area (Å²) in [6, 6.07) is 20.2. The zero-order valence-corrected chi connectivity index (χ0v) is 22.3. The summed E-state index contributed by atoms with van der Waals surface area (Å²) in [5, 5.41) is 0. The second-order valence-electron chi connectivity index (χ2n) is 9.53. The molecule has 0 saturated carbocycles. The molecular formula is C31H33FN2O5. The molecule has 0 spiro atoms. The number of halogens is 1. The highest BCUT2D eigenvalue weighted by atomic mass is 19.1. The van der Waals surface area contributed by atoms with Gasteiger partial charge in [-0.05, 0) is 73.4 Å². The summed E-state index contributed by atoms with van der Waals surface area (Å²) in [6.07, 6.45) is 1.60. The molecule has 0 radical (unpaired) electrons. The summed E-state index contributed by atoms with van der Waals surface area (Å²) >= 11 is 0. The number of benzene rings is 3. The molecule has 1 aliphatic heterocycles. The van der Waals surface area contributed by atoms with Crippen LogP contribution in [-0.2, 0) is 27.3 Å². The van der Waals surface area contributed by atoms with Crippen molar-refractivity contribution in [1.82, 2.24) is 4.90 Å². The number of piperidine rings is 1. The molecular weight excluding hydrogens is 499 g/mol. The van der Waals surface area contributed by atoms with E-state index < -0.39 is 0 Å². The van der Waals surface area contributed by atoms with Gasteiger partial charge < -0.3 is 19.3 Å². The first-order chi connectivity index (χ1) is 18.9. The van der Waals surface area contributed by atoms with Crippen LogP contribution in [0.4, 0.5) is 10.1 Å². The smallest absolute Gasteiger partial charge is 0.310 e. The van der Waals surface area contributed by atoms with E-state index in [1.54, 1.807) is 53.1 Å². The lowest BCUT2D eigenvalue weighted by molar-refractivity contribution is -0.151. The Morgan fingerprint density at radius 2 is 1.77 bits per heavy atom. The lowest BCUT2D eigenvalue weighted by atomic mass is 9.97. The van der Waals surface area contributed by atoms with Crippen molar-refractivity contribution in [2.24, 2.45) is 5.92 Å². The van der Waals surface area contributed by atoms with E-state index in [1.807, 2.05) is 24.3 Å². The van der Waals surface area contributed by atoms with Crippen LogP contribution in [0.25, 0.3) is 0 Å². The van der Waals surface area contributed by atoms with Crippen molar-refractivity contribution in [2.75, 3.05) is 31.7 Å². The minimum absolute atomic E-state index is 0.0784. The molecule has 0 N–H and O–H groups in total. The molecule has 1 aliphatic rings. The Kier molecular flexibility index (Phi) is 9.31. The maximum absolute atomic E-state index is 13.7. The molecule has 8 heteroatoms. The summed E-state index contributed by atoms with van der Waals surface area (Å²) < 4.78 is 24.0. The van der Waals surface area contributed by atoms with Gasteiger partial charge in [0.2, 0.25) is 5.91 Å². The van der Waals surface area contributed by atoms with Crippen molar-refractivity contribution in [3.8, 4) is 5.75 Å². The van der Waals surface area contributed by atoms with E-state index in [0.29, 0.717) is 43.1 Å². The van der Waals surface area contributed by atoms with Crippen LogP contribution in [0.5, 0.6) is 5.75 Å². The Balaban J connectivity index is 1.56. The fraction of sp³-hybridized carbons (Fsp3) is 0.323. The fourth-order valence-electron chi connectivity index (χ4n) is 4.74. The SMILES string of the molecule is CCOC(=O)C1CCCN(C(=O)Cc2cccc(N(Cc3ccc(F)cc3)C(=O)c3cccc(OC)c3)c2)C1. The van der Waals surface area contributed by atoms with Crippen LogP contribution in [0.15, 0.2) is 72.8 Å². The molecule has 1 heterocycles. The lowest BCUT2D eigenvalue weighted by Gasteiger charge is -2.31. The number of hydrogen-bond donors (Lipinski definition) is 0. The van der Waals surface area contributed by atoms with E-state index in [0.717, 1.165) is 17.5 Å². The molecule has 4 rings (SSSR count). The maximum Gasteiger partial charge on any atom is 0.310 e. The number of nitrogens with zero attached hydrogens (tertiary/aromatic N) is 2. The molecule has 3 aromatic carbocycles. The standard InChI is InChI=1S/C31H33FN2O5/c1-3-39-31(37)25-9-6-16-33(21-25)29(35)18-23-7-4-10-27(17-23)34(20-22-12-14-26(32)15-13-22)30(36)24-8-5-11-28(19-24)38-2/h4-5,7-8,10-15,17,19,25H,3,6,9,16,18,20-21H2,1-2H3. The minimum Gasteiger partial charge on any atom is -0.497 e. The molecule has 3 aromatic rings. The lowest BCUT2D eigenvalue weighted by Crippen LogP contribution is -2.43. The Bertz CT molecular complexity index is 1310. The third kappa shape index (κ3) is 7.22. The average molecular weight is 533 g/mol. The van der Waals surface area contributed by atoms with E-state index in [-0.39, 0.29) is 42.5 Å². The van der Waals surface area contributed by atoms with Gasteiger partial charge in [0.1, 0.15) is 11.6 Å². The Labute approximate surface area is 228 Å². The molecule has 0 aliphatic carbocycles. The van der Waals surface area contributed by atoms with Crippen LogP contribution >= 0.6 is 0 Å². The van der Waals surface area contributed by atoms with E-state index in [1.165, 1.54) is 19.2 Å². The first kappa shape index (κ1) is 27.8. The van der Waals surface area contributed by atoms with Gasteiger partial charge in [0.25, 0.3) is 5.91 Å². The normalized spacial score (nSPS) is 14.9. The van der Waals surface area contributed by atoms with Gasteiger partial charge in [-0.2, -0.15) is 0 Å². The zero-order valence-electron chi connectivity index (χ0n) is 22.3. The fourth-order valence-corrected chi connectivity index (χ4v) is 4.74. The number of amides is 2. The molecule has 1 atom stereocenters. The van der Waals surface area contributed by atoms with Crippen molar-refractivity contribution in [2.45, 2.75) is 32.7 Å². The van der Waals surface area contributed by atoms with E-state index in [9.17, 15) is 18.8 Å². The third-order valence-electron chi connectivity index (χ3n) is 6.79. The third-order valence-corrected chi connectivity index (χ3v) is 6.79. The van der Waals surface area contributed by atoms with Gasteiger partial charge in [-0.15, -0.1) is 0 Å². The van der Waals surface area contributed by atoms with Gasteiger partial charge in [0.05, 0.1) is 32.6 Å². The second kappa shape index (κ2) is 13.0. The summed E-state index contributed by atoms with van der Waals surface area (Å²) in [5.41, 5.74) is 2.56. The number of methoxy groups -OCH3 is 1. The van der Waals surface area contributed by atoms with Crippen molar-refractivity contribution < 1.29 is 28.2 Å². The molecule has 1 unspecified atom stereocenters. The highest BCUT2D eigenvalue weighted by molar-refractivity contribution is 6.06. The molecule has 0 aromatic heterocycles. The predicted octanol–water partition coefficient (Wildman–Crippen LogP) is 5.03. The van der Waals surface area contributed by atoms with Crippen molar-refractivity contribution in [3.05, 3.63) is 95.3 Å². The van der Waals surface area contributed by atoms with Crippen LogP contribution in [0.2, 0.25) is 0 Å². The summed E-state index contributed by atoms with van der Waals surface area (Å²) in [4.78, 5) is 42.4. The molecule has 1 saturated heterocycles. The van der Waals surface area contributed by atoms with Gasteiger partial charge in [-0.25, -0.2) is 4.39 Å². The summed E-state index contributed by atoms with van der Waals surface area (Å²) in [7, 11) is 1.54. The van der Waals surface area contributed by atoms with Gasteiger partial charge in [0.15, 0.2) is 0 Å². The zero-order chi connectivity index (χ0) is 27.8. The summed E-state index contributed by atoms with van der Waals surface area (Å²) in [6.45, 7) is 3.25. The van der Waals surface area contributed by atoms with Crippen LogP contribution < -0.4 is 9.64 Å². The van der Waals surface area contributed by atoms with Gasteiger partial charge in [-0.1, -0.05) is 30.3 Å². The maximum atomic E-state index is 13.7. The number of likely N-dealkylation sites (tertiary alicyclic amines) is 1. The molecule has 204 valence electrons. The number of carbonyl (C=O) groups is 3. The number of rotatable bonds is 9. The first-order valence-electron chi connectivity index (χ1n) is 13.1. The van der Waals surface area contributed by atoms with Crippen LogP contribution in [-0.4, -0.2) is 49.5 Å². The molecule has 39 heavy (non-hydrogen) atoms. The number of carbonyl (C=O) groups excluding carboxylic acids is 3. The number of hydrogen-bond acceptors (Lipinski definition) is 5. The quantitative estimate of drug-likeness (QED) is 0.362. The Morgan fingerprint density at radius 1 is 1.00 bits per heavy atom. The van der Waals surface area contributed by atoms with Crippen molar-refractivity contribution >= 4 is 23.5 Å². The van der Waals surface area contributed by atoms with E-state index in [2.05, 4.69) is 0 Å². The number of esters is 1.